The minimum absolute atomic E-state index is 0.368. The van der Waals surface area contributed by atoms with Crippen LogP contribution in [0.2, 0.25) is 0 Å². The van der Waals surface area contributed by atoms with E-state index in [-0.39, 0.29) is 0 Å². The molecule has 3 N–H and O–H groups in total. The number of hydrogen-bond acceptors (Lipinski definition) is 1. The van der Waals surface area contributed by atoms with E-state index in [1.54, 1.807) is 0 Å². The minimum Gasteiger partial charge on any atom is -0.376 e. The van der Waals surface area contributed by atoms with Crippen molar-refractivity contribution in [2.24, 2.45) is 5.73 Å². The molecule has 0 aliphatic heterocycles. The van der Waals surface area contributed by atoms with Gasteiger partial charge in [0.15, 0.2) is 5.11 Å². The summed E-state index contributed by atoms with van der Waals surface area (Å²) in [6, 6.07) is 8.42. The molecule has 0 fully saturated rings. The highest BCUT2D eigenvalue weighted by atomic mass is 32.1. The Balaban J connectivity index is 2.41. The van der Waals surface area contributed by atoms with Gasteiger partial charge in [0.1, 0.15) is 0 Å². The molecule has 0 spiro atoms. The molecule has 1 aromatic rings. The van der Waals surface area contributed by atoms with Crippen LogP contribution in [0, 0.1) is 6.92 Å². The van der Waals surface area contributed by atoms with Crippen LogP contribution in [0.1, 0.15) is 11.1 Å². The fourth-order valence-corrected chi connectivity index (χ4v) is 1.30. The van der Waals surface area contributed by atoms with Crippen molar-refractivity contribution in [3.05, 3.63) is 35.4 Å². The molecule has 13 heavy (non-hydrogen) atoms. The third-order valence-electron chi connectivity index (χ3n) is 1.80. The number of nitrogens with one attached hydrogen (secondary N) is 1. The van der Waals surface area contributed by atoms with E-state index in [1.165, 1.54) is 11.1 Å². The molecular weight excluding hydrogens is 180 g/mol. The Morgan fingerprint density at radius 1 is 1.54 bits per heavy atom. The standard InChI is InChI=1S/C10H14N2S/c1-8-3-2-4-9(7-8)5-6-12-10(11)13/h2-4,7H,5-6H2,1H3,(H3,11,12,13). The average molecular weight is 194 g/mol. The quantitative estimate of drug-likeness (QED) is 0.714. The highest BCUT2D eigenvalue weighted by Gasteiger charge is 1.93. The number of rotatable bonds is 3. The van der Waals surface area contributed by atoms with Crippen molar-refractivity contribution in [2.45, 2.75) is 13.3 Å². The first-order valence-corrected chi connectivity index (χ1v) is 4.68. The second kappa shape index (κ2) is 4.82. The average Bonchev–Trinajstić information content (AvgIpc) is 2.03. The molecule has 2 nitrogen and oxygen atoms in total. The summed E-state index contributed by atoms with van der Waals surface area (Å²) >= 11 is 4.70. The maximum Gasteiger partial charge on any atom is 0.163 e. The molecule has 0 heterocycles. The largest absolute Gasteiger partial charge is 0.376 e. The highest BCUT2D eigenvalue weighted by Crippen LogP contribution is 2.03. The summed E-state index contributed by atoms with van der Waals surface area (Å²) in [5, 5.41) is 3.29. The Morgan fingerprint density at radius 3 is 2.92 bits per heavy atom. The third-order valence-corrected chi connectivity index (χ3v) is 1.94. The Bertz CT molecular complexity index is 297. The SMILES string of the molecule is Cc1cccc(CCNC(N)=S)c1. The zero-order chi connectivity index (χ0) is 9.68. The number of thiocarbonyl (C=S) groups is 1. The van der Waals surface area contributed by atoms with Crippen LogP contribution in [0.5, 0.6) is 0 Å². The van der Waals surface area contributed by atoms with Gasteiger partial charge in [-0.25, -0.2) is 0 Å². The Kier molecular flexibility index (Phi) is 3.71. The Morgan fingerprint density at radius 2 is 2.31 bits per heavy atom. The number of hydrogen-bond donors (Lipinski definition) is 2. The van der Waals surface area contributed by atoms with Crippen LogP contribution in [-0.4, -0.2) is 11.7 Å². The van der Waals surface area contributed by atoms with Gasteiger partial charge in [-0.2, -0.15) is 0 Å². The Labute approximate surface area is 84.1 Å². The van der Waals surface area contributed by atoms with Gasteiger partial charge in [0.25, 0.3) is 0 Å². The molecule has 3 heteroatoms. The van der Waals surface area contributed by atoms with Crippen molar-refractivity contribution in [2.75, 3.05) is 6.54 Å². The topological polar surface area (TPSA) is 38.0 Å². The van der Waals surface area contributed by atoms with Crippen molar-refractivity contribution < 1.29 is 0 Å². The molecule has 0 aliphatic carbocycles. The van der Waals surface area contributed by atoms with Gasteiger partial charge in [0.05, 0.1) is 0 Å². The van der Waals surface area contributed by atoms with Gasteiger partial charge >= 0.3 is 0 Å². The van der Waals surface area contributed by atoms with Gasteiger partial charge in [-0.3, -0.25) is 0 Å². The van der Waals surface area contributed by atoms with E-state index < -0.39 is 0 Å². The lowest BCUT2D eigenvalue weighted by atomic mass is 10.1. The first kappa shape index (κ1) is 9.99. The van der Waals surface area contributed by atoms with E-state index in [9.17, 15) is 0 Å². The lowest BCUT2D eigenvalue weighted by molar-refractivity contribution is 0.869. The van der Waals surface area contributed by atoms with Gasteiger partial charge < -0.3 is 11.1 Å². The van der Waals surface area contributed by atoms with E-state index in [0.29, 0.717) is 5.11 Å². The minimum atomic E-state index is 0.368. The summed E-state index contributed by atoms with van der Waals surface area (Å²) in [5.41, 5.74) is 7.90. The van der Waals surface area contributed by atoms with E-state index in [1.807, 2.05) is 0 Å². The predicted octanol–water partition coefficient (Wildman–Crippen LogP) is 1.37. The van der Waals surface area contributed by atoms with Crippen molar-refractivity contribution in [3.63, 3.8) is 0 Å². The molecular formula is C10H14N2S. The third kappa shape index (κ3) is 3.90. The molecule has 0 unspecified atom stereocenters. The number of benzene rings is 1. The van der Waals surface area contributed by atoms with Crippen LogP contribution in [0.3, 0.4) is 0 Å². The maximum absolute atomic E-state index is 5.31. The molecule has 0 aromatic heterocycles. The number of nitrogens with two attached hydrogens (primary N) is 1. The fraction of sp³-hybridized carbons (Fsp3) is 0.300. The van der Waals surface area contributed by atoms with Gasteiger partial charge in [-0.1, -0.05) is 29.8 Å². The molecule has 0 bridgehead atoms. The summed E-state index contributed by atoms with van der Waals surface area (Å²) in [7, 11) is 0. The zero-order valence-corrected chi connectivity index (χ0v) is 8.53. The smallest absolute Gasteiger partial charge is 0.163 e. The molecule has 70 valence electrons. The summed E-state index contributed by atoms with van der Waals surface area (Å²) in [5.74, 6) is 0. The van der Waals surface area contributed by atoms with Crippen LogP contribution < -0.4 is 11.1 Å². The van der Waals surface area contributed by atoms with Gasteiger partial charge in [0, 0.05) is 6.54 Å². The van der Waals surface area contributed by atoms with Crippen molar-refractivity contribution >= 4 is 17.3 Å². The van der Waals surface area contributed by atoms with Crippen LogP contribution in [-0.2, 0) is 6.42 Å². The lowest BCUT2D eigenvalue weighted by Gasteiger charge is -2.04. The maximum atomic E-state index is 5.31. The predicted molar refractivity (Wildman–Crippen MR) is 59.7 cm³/mol. The summed E-state index contributed by atoms with van der Waals surface area (Å²) < 4.78 is 0. The first-order valence-electron chi connectivity index (χ1n) is 4.27. The van der Waals surface area contributed by atoms with Crippen LogP contribution in [0.15, 0.2) is 24.3 Å². The summed E-state index contributed by atoms with van der Waals surface area (Å²) in [6.07, 6.45) is 0.957. The zero-order valence-electron chi connectivity index (χ0n) is 7.71. The summed E-state index contributed by atoms with van der Waals surface area (Å²) in [4.78, 5) is 0. The van der Waals surface area contributed by atoms with Crippen molar-refractivity contribution in [3.8, 4) is 0 Å². The first-order chi connectivity index (χ1) is 6.18. The molecule has 0 saturated carbocycles. The number of aryl methyl sites for hydroxylation is 1. The Hall–Kier alpha value is -1.09. The van der Waals surface area contributed by atoms with Crippen LogP contribution in [0.25, 0.3) is 0 Å². The monoisotopic (exact) mass is 194 g/mol. The second-order valence-corrected chi connectivity index (χ2v) is 3.47. The molecule has 1 rings (SSSR count). The van der Waals surface area contributed by atoms with E-state index in [4.69, 9.17) is 18.0 Å². The van der Waals surface area contributed by atoms with Crippen LogP contribution in [0.4, 0.5) is 0 Å². The van der Waals surface area contributed by atoms with Gasteiger partial charge in [-0.15, -0.1) is 0 Å². The molecule has 0 saturated heterocycles. The molecule has 0 atom stereocenters. The van der Waals surface area contributed by atoms with Crippen LogP contribution >= 0.6 is 12.2 Å². The van der Waals surface area contributed by atoms with E-state index in [0.717, 1.165) is 13.0 Å². The molecule has 0 amide bonds. The second-order valence-electron chi connectivity index (χ2n) is 3.03. The fourth-order valence-electron chi connectivity index (χ4n) is 1.20. The summed E-state index contributed by atoms with van der Waals surface area (Å²) in [6.45, 7) is 2.89. The normalized spacial score (nSPS) is 9.62. The van der Waals surface area contributed by atoms with Crippen molar-refractivity contribution in [1.29, 1.82) is 0 Å². The molecule has 0 radical (unpaired) electrons. The van der Waals surface area contributed by atoms with Gasteiger partial charge in [-0.05, 0) is 31.1 Å². The lowest BCUT2D eigenvalue weighted by Crippen LogP contribution is -2.30. The molecule has 0 aliphatic rings. The highest BCUT2D eigenvalue weighted by molar-refractivity contribution is 7.80. The van der Waals surface area contributed by atoms with E-state index in [2.05, 4.69) is 36.5 Å². The van der Waals surface area contributed by atoms with Crippen molar-refractivity contribution in [1.82, 2.24) is 5.32 Å². The van der Waals surface area contributed by atoms with Gasteiger partial charge in [0.2, 0.25) is 0 Å². The van der Waals surface area contributed by atoms with E-state index >= 15 is 0 Å². The molecule has 1 aromatic carbocycles.